The van der Waals surface area contributed by atoms with Gasteiger partial charge in [-0.15, -0.1) is 0 Å². The molecule has 16 heavy (non-hydrogen) atoms. The van der Waals surface area contributed by atoms with E-state index in [9.17, 15) is 4.79 Å². The molecular formula is C11H16N2O2S. The lowest BCUT2D eigenvalue weighted by molar-refractivity contribution is 0.0702. The standard InChI is InChI=1S/C11H16N2O2S/c1-2-3-8-4-5-13(7-8)11-12-6-9(16-11)10(14)15/h6,8H,2-5,7H2,1H3,(H,14,15). The molecule has 5 heteroatoms. The molecular weight excluding hydrogens is 224 g/mol. The van der Waals surface area contributed by atoms with Gasteiger partial charge in [0.1, 0.15) is 4.88 Å². The highest BCUT2D eigenvalue weighted by Gasteiger charge is 2.24. The summed E-state index contributed by atoms with van der Waals surface area (Å²) < 4.78 is 0. The first-order valence-corrected chi connectivity index (χ1v) is 6.46. The largest absolute Gasteiger partial charge is 0.477 e. The van der Waals surface area contributed by atoms with Crippen molar-refractivity contribution < 1.29 is 9.90 Å². The van der Waals surface area contributed by atoms with E-state index in [1.54, 1.807) is 0 Å². The van der Waals surface area contributed by atoms with E-state index in [0.717, 1.165) is 24.1 Å². The number of nitrogens with zero attached hydrogens (tertiary/aromatic N) is 2. The summed E-state index contributed by atoms with van der Waals surface area (Å²) in [4.78, 5) is 17.5. The van der Waals surface area contributed by atoms with Crippen LogP contribution >= 0.6 is 11.3 Å². The zero-order valence-electron chi connectivity index (χ0n) is 9.35. The van der Waals surface area contributed by atoms with Gasteiger partial charge in [-0.25, -0.2) is 9.78 Å². The van der Waals surface area contributed by atoms with E-state index in [0.29, 0.717) is 4.88 Å². The Morgan fingerprint density at radius 3 is 3.19 bits per heavy atom. The number of hydrogen-bond acceptors (Lipinski definition) is 4. The summed E-state index contributed by atoms with van der Waals surface area (Å²) in [5.41, 5.74) is 0. The second-order valence-electron chi connectivity index (χ2n) is 4.20. The fourth-order valence-corrected chi connectivity index (χ4v) is 2.95. The Balaban J connectivity index is 2.00. The van der Waals surface area contributed by atoms with Crippen LogP contribution in [0, 0.1) is 5.92 Å². The monoisotopic (exact) mass is 240 g/mol. The minimum absolute atomic E-state index is 0.328. The molecule has 1 N–H and O–H groups in total. The number of hydrogen-bond donors (Lipinski definition) is 1. The second-order valence-corrected chi connectivity index (χ2v) is 5.21. The van der Waals surface area contributed by atoms with Gasteiger partial charge < -0.3 is 10.0 Å². The molecule has 1 aromatic rings. The van der Waals surface area contributed by atoms with Gasteiger partial charge in [-0.3, -0.25) is 0 Å². The minimum atomic E-state index is -0.881. The zero-order chi connectivity index (χ0) is 11.5. The molecule has 1 aromatic heterocycles. The van der Waals surface area contributed by atoms with Gasteiger partial charge in [-0.05, 0) is 18.8 Å². The third kappa shape index (κ3) is 2.35. The van der Waals surface area contributed by atoms with Gasteiger partial charge in [-0.2, -0.15) is 0 Å². The lowest BCUT2D eigenvalue weighted by Crippen LogP contribution is -2.19. The molecule has 0 bridgehead atoms. The van der Waals surface area contributed by atoms with E-state index in [1.165, 1.54) is 36.8 Å². The first kappa shape index (κ1) is 11.4. The molecule has 1 unspecified atom stereocenters. The van der Waals surface area contributed by atoms with E-state index >= 15 is 0 Å². The summed E-state index contributed by atoms with van der Waals surface area (Å²) in [6, 6.07) is 0. The molecule has 1 aliphatic rings. The summed E-state index contributed by atoms with van der Waals surface area (Å²) in [6.07, 6.45) is 5.13. The average molecular weight is 240 g/mol. The van der Waals surface area contributed by atoms with E-state index in [4.69, 9.17) is 5.11 Å². The van der Waals surface area contributed by atoms with Crippen LogP contribution in [-0.4, -0.2) is 29.1 Å². The highest BCUT2D eigenvalue weighted by atomic mass is 32.1. The smallest absolute Gasteiger partial charge is 0.347 e. The van der Waals surface area contributed by atoms with Crippen molar-refractivity contribution in [1.82, 2.24) is 4.98 Å². The Bertz CT molecular complexity index is 378. The normalized spacial score (nSPS) is 20.3. The Morgan fingerprint density at radius 2 is 2.56 bits per heavy atom. The van der Waals surface area contributed by atoms with Crippen molar-refractivity contribution in [2.75, 3.05) is 18.0 Å². The molecule has 1 atom stereocenters. The predicted molar refractivity (Wildman–Crippen MR) is 64.3 cm³/mol. The Hall–Kier alpha value is -1.10. The van der Waals surface area contributed by atoms with Gasteiger partial charge in [0, 0.05) is 13.1 Å². The summed E-state index contributed by atoms with van der Waals surface area (Å²) in [5.74, 6) is -0.129. The second kappa shape index (κ2) is 4.82. The third-order valence-electron chi connectivity index (χ3n) is 2.96. The zero-order valence-corrected chi connectivity index (χ0v) is 10.2. The molecule has 88 valence electrons. The molecule has 0 amide bonds. The van der Waals surface area contributed by atoms with E-state index in [-0.39, 0.29) is 0 Å². The molecule has 1 saturated heterocycles. The maximum absolute atomic E-state index is 10.7. The molecule has 1 aliphatic heterocycles. The number of aromatic carboxylic acids is 1. The van der Waals surface area contributed by atoms with Crippen molar-refractivity contribution >= 4 is 22.4 Å². The number of carbonyl (C=O) groups is 1. The van der Waals surface area contributed by atoms with Crippen molar-refractivity contribution in [3.05, 3.63) is 11.1 Å². The molecule has 0 aliphatic carbocycles. The van der Waals surface area contributed by atoms with Crippen LogP contribution in [-0.2, 0) is 0 Å². The number of carboxylic acids is 1. The van der Waals surface area contributed by atoms with E-state index in [2.05, 4.69) is 16.8 Å². The Morgan fingerprint density at radius 1 is 1.75 bits per heavy atom. The van der Waals surface area contributed by atoms with E-state index < -0.39 is 5.97 Å². The number of rotatable bonds is 4. The van der Waals surface area contributed by atoms with Crippen LogP contribution in [0.5, 0.6) is 0 Å². The fourth-order valence-electron chi connectivity index (χ4n) is 2.16. The van der Waals surface area contributed by atoms with Crippen LogP contribution < -0.4 is 4.90 Å². The molecule has 2 rings (SSSR count). The predicted octanol–water partition coefficient (Wildman–Crippen LogP) is 2.47. The SMILES string of the molecule is CCCC1CCN(c2ncc(C(=O)O)s2)C1. The van der Waals surface area contributed by atoms with Crippen LogP contribution in [0.2, 0.25) is 0 Å². The number of anilines is 1. The highest BCUT2D eigenvalue weighted by molar-refractivity contribution is 7.17. The van der Waals surface area contributed by atoms with Crippen LogP contribution in [0.25, 0.3) is 0 Å². The molecule has 4 nitrogen and oxygen atoms in total. The molecule has 1 fully saturated rings. The topological polar surface area (TPSA) is 53.4 Å². The molecule has 0 aromatic carbocycles. The number of carboxylic acid groups (broad SMARTS) is 1. The van der Waals surface area contributed by atoms with Gasteiger partial charge in [0.25, 0.3) is 0 Å². The van der Waals surface area contributed by atoms with Crippen LogP contribution in [0.1, 0.15) is 35.9 Å². The van der Waals surface area contributed by atoms with Crippen molar-refractivity contribution in [2.45, 2.75) is 26.2 Å². The molecule has 2 heterocycles. The van der Waals surface area contributed by atoms with Crippen LogP contribution in [0.15, 0.2) is 6.20 Å². The lowest BCUT2D eigenvalue weighted by Gasteiger charge is -2.14. The van der Waals surface area contributed by atoms with Crippen molar-refractivity contribution in [1.29, 1.82) is 0 Å². The van der Waals surface area contributed by atoms with Crippen LogP contribution in [0.3, 0.4) is 0 Å². The molecule has 0 radical (unpaired) electrons. The van der Waals surface area contributed by atoms with Gasteiger partial charge in [0.2, 0.25) is 0 Å². The maximum atomic E-state index is 10.7. The van der Waals surface area contributed by atoms with Gasteiger partial charge >= 0.3 is 5.97 Å². The summed E-state index contributed by atoms with van der Waals surface area (Å²) in [5, 5.41) is 9.69. The summed E-state index contributed by atoms with van der Waals surface area (Å²) >= 11 is 1.27. The van der Waals surface area contributed by atoms with Gasteiger partial charge in [0.05, 0.1) is 6.20 Å². The molecule has 0 spiro atoms. The number of thiazole rings is 1. The first-order chi connectivity index (χ1) is 7.70. The highest BCUT2D eigenvalue weighted by Crippen LogP contribution is 2.29. The minimum Gasteiger partial charge on any atom is -0.477 e. The lowest BCUT2D eigenvalue weighted by atomic mass is 10.0. The van der Waals surface area contributed by atoms with Crippen molar-refractivity contribution in [3.8, 4) is 0 Å². The average Bonchev–Trinajstić information content (AvgIpc) is 2.84. The fraction of sp³-hybridized carbons (Fsp3) is 0.636. The number of aromatic nitrogens is 1. The maximum Gasteiger partial charge on any atom is 0.347 e. The van der Waals surface area contributed by atoms with Crippen LogP contribution in [0.4, 0.5) is 5.13 Å². The summed E-state index contributed by atoms with van der Waals surface area (Å²) in [6.45, 7) is 4.24. The summed E-state index contributed by atoms with van der Waals surface area (Å²) in [7, 11) is 0. The molecule has 0 saturated carbocycles. The van der Waals surface area contributed by atoms with E-state index in [1.807, 2.05) is 0 Å². The van der Waals surface area contributed by atoms with Gasteiger partial charge in [-0.1, -0.05) is 24.7 Å². The third-order valence-corrected chi connectivity index (χ3v) is 4.00. The van der Waals surface area contributed by atoms with Crippen molar-refractivity contribution in [3.63, 3.8) is 0 Å². The van der Waals surface area contributed by atoms with Crippen molar-refractivity contribution in [2.24, 2.45) is 5.92 Å². The first-order valence-electron chi connectivity index (χ1n) is 5.64. The Kier molecular flexibility index (Phi) is 3.43. The Labute approximate surface area is 98.9 Å². The quantitative estimate of drug-likeness (QED) is 0.878. The van der Waals surface area contributed by atoms with Gasteiger partial charge in [0.15, 0.2) is 5.13 Å².